The Morgan fingerprint density at radius 3 is 2.05 bits per heavy atom. The Balaban J connectivity index is 0.00000361. The Labute approximate surface area is 117 Å². The van der Waals surface area contributed by atoms with Gasteiger partial charge in [-0.15, -0.1) is 12.4 Å². The molecule has 1 aromatic rings. The smallest absolute Gasteiger partial charge is 0.416 e. The molecule has 0 aliphatic heterocycles. The Bertz CT molecular complexity index is 446. The second-order valence-corrected chi connectivity index (χ2v) is 3.92. The first-order valence-electron chi connectivity index (χ1n) is 5.11. The van der Waals surface area contributed by atoms with Crippen molar-refractivity contribution in [2.45, 2.75) is 24.8 Å². The topological polar surface area (TPSA) is 35.2 Å². The van der Waals surface area contributed by atoms with Gasteiger partial charge in [-0.05, 0) is 23.8 Å². The third-order valence-electron chi connectivity index (χ3n) is 2.37. The van der Waals surface area contributed by atoms with Gasteiger partial charge in [0.25, 0.3) is 0 Å². The van der Waals surface area contributed by atoms with E-state index in [1.54, 1.807) is 0 Å². The quantitative estimate of drug-likeness (QED) is 0.850. The summed E-state index contributed by atoms with van der Waals surface area (Å²) in [6.07, 6.45) is -10.6. The Hall–Kier alpha value is -1.15. The summed E-state index contributed by atoms with van der Waals surface area (Å²) in [6.45, 7) is 0. The zero-order valence-electron chi connectivity index (χ0n) is 10.2. The van der Waals surface area contributed by atoms with Crippen molar-refractivity contribution in [2.75, 3.05) is 7.11 Å². The molecular weight excluding hydrogens is 312 g/mol. The van der Waals surface area contributed by atoms with E-state index in [0.29, 0.717) is 12.1 Å². The molecule has 0 aromatic heterocycles. The predicted molar refractivity (Wildman–Crippen MR) is 62.8 cm³/mol. The van der Waals surface area contributed by atoms with Crippen LogP contribution in [-0.2, 0) is 6.18 Å². The van der Waals surface area contributed by atoms with Gasteiger partial charge in [0, 0.05) is 6.04 Å². The molecular formula is C11H12ClF6NO. The van der Waals surface area contributed by atoms with Crippen LogP contribution in [0.15, 0.2) is 18.2 Å². The summed E-state index contributed by atoms with van der Waals surface area (Å²) in [4.78, 5) is 0. The number of alkyl halides is 6. The third kappa shape index (κ3) is 5.46. The van der Waals surface area contributed by atoms with Gasteiger partial charge in [0.2, 0.25) is 0 Å². The fourth-order valence-electron chi connectivity index (χ4n) is 1.48. The van der Waals surface area contributed by atoms with E-state index >= 15 is 0 Å². The summed E-state index contributed by atoms with van der Waals surface area (Å²) in [5, 5.41) is 0. The second kappa shape index (κ2) is 6.53. The minimum atomic E-state index is -4.68. The highest BCUT2D eigenvalue weighted by atomic mass is 35.5. The first-order valence-corrected chi connectivity index (χ1v) is 5.11. The van der Waals surface area contributed by atoms with E-state index in [1.807, 2.05) is 0 Å². The number of halogens is 7. The molecule has 0 unspecified atom stereocenters. The van der Waals surface area contributed by atoms with Gasteiger partial charge in [-0.25, -0.2) is 0 Å². The SMILES string of the molecule is COc1cc([C@@H](N)CC(F)(F)F)cc(C(F)(F)F)c1.Cl. The summed E-state index contributed by atoms with van der Waals surface area (Å²) in [5.74, 6) is -0.192. The van der Waals surface area contributed by atoms with Crippen LogP contribution in [0, 0.1) is 0 Å². The number of rotatable bonds is 3. The molecule has 0 amide bonds. The van der Waals surface area contributed by atoms with Crippen LogP contribution >= 0.6 is 12.4 Å². The molecule has 1 atom stereocenters. The van der Waals surface area contributed by atoms with Gasteiger partial charge in [-0.1, -0.05) is 0 Å². The molecule has 0 spiro atoms. The normalized spacial score (nSPS) is 13.6. The van der Waals surface area contributed by atoms with Crippen LogP contribution in [0.3, 0.4) is 0 Å². The predicted octanol–water partition coefficient (Wildman–Crippen LogP) is 4.09. The lowest BCUT2D eigenvalue weighted by atomic mass is 10.0. The minimum Gasteiger partial charge on any atom is -0.497 e. The van der Waals surface area contributed by atoms with Crippen molar-refractivity contribution < 1.29 is 31.1 Å². The highest BCUT2D eigenvalue weighted by Gasteiger charge is 2.34. The summed E-state index contributed by atoms with van der Waals surface area (Å²) in [5.41, 5.74) is 3.90. The van der Waals surface area contributed by atoms with Gasteiger partial charge >= 0.3 is 12.4 Å². The highest BCUT2D eigenvalue weighted by molar-refractivity contribution is 5.85. The van der Waals surface area contributed by atoms with E-state index in [-0.39, 0.29) is 23.7 Å². The van der Waals surface area contributed by atoms with Crippen LogP contribution in [0.5, 0.6) is 5.75 Å². The first kappa shape index (κ1) is 18.9. The van der Waals surface area contributed by atoms with E-state index in [9.17, 15) is 26.3 Å². The van der Waals surface area contributed by atoms with Gasteiger partial charge < -0.3 is 10.5 Å². The van der Waals surface area contributed by atoms with Crippen LogP contribution in [0.1, 0.15) is 23.6 Å². The van der Waals surface area contributed by atoms with Crippen molar-refractivity contribution in [1.29, 1.82) is 0 Å². The fourth-order valence-corrected chi connectivity index (χ4v) is 1.48. The van der Waals surface area contributed by atoms with Gasteiger partial charge in [0.05, 0.1) is 19.1 Å². The molecule has 0 bridgehead atoms. The maximum atomic E-state index is 12.6. The van der Waals surface area contributed by atoms with Gasteiger partial charge in [-0.2, -0.15) is 26.3 Å². The zero-order valence-corrected chi connectivity index (χ0v) is 11.0. The molecule has 1 aromatic carbocycles. The molecule has 0 aliphatic rings. The largest absolute Gasteiger partial charge is 0.497 e. The lowest BCUT2D eigenvalue weighted by Gasteiger charge is -2.17. The average Bonchev–Trinajstić information content (AvgIpc) is 2.25. The van der Waals surface area contributed by atoms with Crippen LogP contribution < -0.4 is 10.5 Å². The maximum absolute atomic E-state index is 12.6. The lowest BCUT2D eigenvalue weighted by molar-refractivity contribution is -0.138. The number of benzene rings is 1. The molecule has 116 valence electrons. The third-order valence-corrected chi connectivity index (χ3v) is 2.37. The van der Waals surface area contributed by atoms with E-state index in [0.717, 1.165) is 13.2 Å². The van der Waals surface area contributed by atoms with E-state index in [4.69, 9.17) is 5.73 Å². The monoisotopic (exact) mass is 323 g/mol. The zero-order chi connectivity index (χ0) is 14.8. The number of nitrogens with two attached hydrogens (primary N) is 1. The number of methoxy groups -OCH3 is 1. The van der Waals surface area contributed by atoms with Crippen molar-refractivity contribution in [3.8, 4) is 5.75 Å². The molecule has 1 rings (SSSR count). The molecule has 0 fully saturated rings. The van der Waals surface area contributed by atoms with Gasteiger partial charge in [0.15, 0.2) is 0 Å². The highest BCUT2D eigenvalue weighted by Crippen LogP contribution is 2.35. The molecule has 9 heteroatoms. The Morgan fingerprint density at radius 2 is 1.65 bits per heavy atom. The van der Waals surface area contributed by atoms with Crippen LogP contribution in [0.4, 0.5) is 26.3 Å². The van der Waals surface area contributed by atoms with Crippen molar-refractivity contribution in [1.82, 2.24) is 0 Å². The van der Waals surface area contributed by atoms with Gasteiger partial charge in [0.1, 0.15) is 5.75 Å². The van der Waals surface area contributed by atoms with E-state index in [1.165, 1.54) is 0 Å². The molecule has 0 heterocycles. The lowest BCUT2D eigenvalue weighted by Crippen LogP contribution is -2.21. The number of hydrogen-bond acceptors (Lipinski definition) is 2. The minimum absolute atomic E-state index is 0. The maximum Gasteiger partial charge on any atom is 0.416 e. The average molecular weight is 324 g/mol. The van der Waals surface area contributed by atoms with Crippen molar-refractivity contribution in [3.05, 3.63) is 29.3 Å². The molecule has 2 N–H and O–H groups in total. The second-order valence-electron chi connectivity index (χ2n) is 3.92. The number of hydrogen-bond donors (Lipinski definition) is 1. The van der Waals surface area contributed by atoms with E-state index in [2.05, 4.69) is 4.74 Å². The van der Waals surface area contributed by atoms with Gasteiger partial charge in [-0.3, -0.25) is 0 Å². The molecule has 0 aliphatic carbocycles. The molecule has 0 saturated carbocycles. The Kier molecular flexibility index (Phi) is 6.16. The number of ether oxygens (including phenoxy) is 1. The molecule has 20 heavy (non-hydrogen) atoms. The molecule has 0 radical (unpaired) electrons. The fraction of sp³-hybridized carbons (Fsp3) is 0.455. The standard InChI is InChI=1S/C11H11F6NO.ClH/c1-19-8-3-6(9(18)5-10(12,13)14)2-7(4-8)11(15,16)17;/h2-4,9H,5,18H2,1H3;1H/t9-;/m0./s1. The molecule has 2 nitrogen and oxygen atoms in total. The van der Waals surface area contributed by atoms with Crippen LogP contribution in [0.25, 0.3) is 0 Å². The Morgan fingerprint density at radius 1 is 1.10 bits per heavy atom. The van der Waals surface area contributed by atoms with Crippen LogP contribution in [-0.4, -0.2) is 13.3 Å². The van der Waals surface area contributed by atoms with Crippen LogP contribution in [0.2, 0.25) is 0 Å². The first-order chi connectivity index (χ1) is 8.53. The summed E-state index contributed by atoms with van der Waals surface area (Å²) < 4.78 is 78.9. The summed E-state index contributed by atoms with van der Waals surface area (Å²) >= 11 is 0. The van der Waals surface area contributed by atoms with E-state index < -0.39 is 30.4 Å². The van der Waals surface area contributed by atoms with Crippen molar-refractivity contribution in [3.63, 3.8) is 0 Å². The van der Waals surface area contributed by atoms with Crippen molar-refractivity contribution in [2.24, 2.45) is 5.73 Å². The molecule has 0 saturated heterocycles. The van der Waals surface area contributed by atoms with Crippen molar-refractivity contribution >= 4 is 12.4 Å². The summed E-state index contributed by atoms with van der Waals surface area (Å²) in [6, 6.07) is 0.783. The summed E-state index contributed by atoms with van der Waals surface area (Å²) in [7, 11) is 1.12.